The van der Waals surface area contributed by atoms with Crippen LogP contribution in [0.5, 0.6) is 0 Å². The van der Waals surface area contributed by atoms with Crippen LogP contribution in [0.3, 0.4) is 0 Å². The Morgan fingerprint density at radius 2 is 0.833 bits per heavy atom. The van der Waals surface area contributed by atoms with E-state index in [0.717, 1.165) is 0 Å². The summed E-state index contributed by atoms with van der Waals surface area (Å²) in [6.07, 6.45) is -13.0. The zero-order chi connectivity index (χ0) is 18.9. The number of aliphatic hydroxyl groups excluding tert-OH is 10. The summed E-state index contributed by atoms with van der Waals surface area (Å²) in [7, 11) is 0. The first-order valence-electron chi connectivity index (χ1n) is 6.90. The number of aliphatic hydroxyl groups is 10. The minimum Gasteiger partial charge on any atom is -0.394 e. The molecule has 8 atom stereocenters. The molecule has 12 heteroatoms. The van der Waals surface area contributed by atoms with Gasteiger partial charge < -0.3 is 51.1 Å². The zero-order valence-electron chi connectivity index (χ0n) is 12.6. The van der Waals surface area contributed by atoms with Crippen LogP contribution in [0.1, 0.15) is 0 Å². The van der Waals surface area contributed by atoms with E-state index in [0.29, 0.717) is 12.4 Å². The van der Waals surface area contributed by atoms with Crippen LogP contribution < -0.4 is 0 Å². The lowest BCUT2D eigenvalue weighted by atomic mass is 10.0. The molecule has 0 fully saturated rings. The molecule has 0 unspecified atom stereocenters. The molecule has 10 N–H and O–H groups in total. The minimum atomic E-state index is -1.87. The summed E-state index contributed by atoms with van der Waals surface area (Å²) in [5.74, 6) is 0. The van der Waals surface area contributed by atoms with Gasteiger partial charge in [-0.1, -0.05) is 0 Å². The minimum absolute atomic E-state index is 0.645. The average Bonchev–Trinajstić information content (AvgIpc) is 2.60. The van der Waals surface area contributed by atoms with Gasteiger partial charge in [0.05, 0.1) is 25.6 Å². The first-order valence-corrected chi connectivity index (χ1v) is 6.90. The largest absolute Gasteiger partial charge is 0.394 e. The SMILES string of the molecule is OC[C@@H](O)[C@H](O)[C@H](O)[C@@H](O)/C=N\N=C/[C@H](O)[C@@H](O)[C@@H](O)[C@H](O)CO. The van der Waals surface area contributed by atoms with Crippen molar-refractivity contribution in [2.24, 2.45) is 10.2 Å². The summed E-state index contributed by atoms with van der Waals surface area (Å²) in [6, 6.07) is 0. The smallest absolute Gasteiger partial charge is 0.119 e. The van der Waals surface area contributed by atoms with Crippen molar-refractivity contribution in [2.45, 2.75) is 48.8 Å². The topological polar surface area (TPSA) is 227 Å². The summed E-state index contributed by atoms with van der Waals surface area (Å²) in [6.45, 7) is -1.68. The fourth-order valence-corrected chi connectivity index (χ4v) is 1.47. The Morgan fingerprint density at radius 1 is 0.542 bits per heavy atom. The van der Waals surface area contributed by atoms with E-state index < -0.39 is 62.0 Å². The van der Waals surface area contributed by atoms with Crippen LogP contribution in [0.25, 0.3) is 0 Å². The van der Waals surface area contributed by atoms with E-state index in [1.807, 2.05) is 0 Å². The second-order valence-electron chi connectivity index (χ2n) is 4.97. The molecule has 142 valence electrons. The maximum Gasteiger partial charge on any atom is 0.119 e. The van der Waals surface area contributed by atoms with Crippen LogP contribution in [0.15, 0.2) is 10.2 Å². The molecule has 0 aromatic carbocycles. The summed E-state index contributed by atoms with van der Waals surface area (Å²) in [5, 5.41) is 98.4. The second-order valence-corrected chi connectivity index (χ2v) is 4.97. The first kappa shape index (κ1) is 22.9. The van der Waals surface area contributed by atoms with Gasteiger partial charge in [-0.3, -0.25) is 0 Å². The number of rotatable bonds is 11. The summed E-state index contributed by atoms with van der Waals surface area (Å²) >= 11 is 0. The van der Waals surface area contributed by atoms with Gasteiger partial charge in [0.25, 0.3) is 0 Å². The standard InChI is InChI=1S/C12H24N2O10/c15-3-7(19)11(23)9(21)5(17)1-13-14-2-6(18)10(22)12(24)8(20)4-16/h1-2,5-12,15-24H,3-4H2/b13-1-,14-2-/t5-,6-,7+,8+,9+,10+,11-,12-/m0/s1. The fraction of sp³-hybridized carbons (Fsp3) is 0.833. The Hall–Kier alpha value is -1.06. The molecule has 0 bridgehead atoms. The molecule has 0 saturated carbocycles. The van der Waals surface area contributed by atoms with Gasteiger partial charge in [0.1, 0.15) is 48.8 Å². The van der Waals surface area contributed by atoms with Crippen LogP contribution in [0.2, 0.25) is 0 Å². The molecule has 0 saturated heterocycles. The van der Waals surface area contributed by atoms with Gasteiger partial charge in [-0.2, -0.15) is 10.2 Å². The van der Waals surface area contributed by atoms with Gasteiger partial charge in [-0.05, 0) is 0 Å². The normalized spacial score (nSPS) is 22.9. The van der Waals surface area contributed by atoms with Crippen LogP contribution in [0, 0.1) is 0 Å². The van der Waals surface area contributed by atoms with E-state index in [2.05, 4.69) is 10.2 Å². The molecule has 0 aliphatic rings. The van der Waals surface area contributed by atoms with Gasteiger partial charge in [0.15, 0.2) is 0 Å². The van der Waals surface area contributed by atoms with E-state index >= 15 is 0 Å². The molecule has 0 aliphatic heterocycles. The molecule has 0 aromatic heterocycles. The number of hydrogen-bond acceptors (Lipinski definition) is 12. The Balaban J connectivity index is 4.54. The molecule has 0 spiro atoms. The van der Waals surface area contributed by atoms with Gasteiger partial charge in [0, 0.05) is 0 Å². The van der Waals surface area contributed by atoms with E-state index in [4.69, 9.17) is 20.4 Å². The summed E-state index contributed by atoms with van der Waals surface area (Å²) < 4.78 is 0. The lowest BCUT2D eigenvalue weighted by Gasteiger charge is -2.23. The lowest BCUT2D eigenvalue weighted by Crippen LogP contribution is -2.46. The Labute approximate surface area is 136 Å². The maximum absolute atomic E-state index is 9.46. The van der Waals surface area contributed by atoms with Crippen molar-refractivity contribution in [1.82, 2.24) is 0 Å². The summed E-state index contributed by atoms with van der Waals surface area (Å²) in [4.78, 5) is 0. The molecule has 0 aliphatic carbocycles. The van der Waals surface area contributed by atoms with Crippen molar-refractivity contribution in [3.05, 3.63) is 0 Å². The highest BCUT2D eigenvalue weighted by molar-refractivity contribution is 5.67. The van der Waals surface area contributed by atoms with E-state index in [1.54, 1.807) is 0 Å². The molecular formula is C12H24N2O10. The van der Waals surface area contributed by atoms with Crippen molar-refractivity contribution in [2.75, 3.05) is 13.2 Å². The van der Waals surface area contributed by atoms with Crippen molar-refractivity contribution >= 4 is 12.4 Å². The molecule has 0 heterocycles. The van der Waals surface area contributed by atoms with Gasteiger partial charge in [-0.25, -0.2) is 0 Å². The zero-order valence-corrected chi connectivity index (χ0v) is 12.6. The third-order valence-corrected chi connectivity index (χ3v) is 3.07. The van der Waals surface area contributed by atoms with Crippen LogP contribution in [-0.2, 0) is 0 Å². The highest BCUT2D eigenvalue weighted by atomic mass is 16.4. The molecule has 0 rings (SSSR count). The molecule has 24 heavy (non-hydrogen) atoms. The van der Waals surface area contributed by atoms with Crippen molar-refractivity contribution in [1.29, 1.82) is 0 Å². The number of nitrogens with zero attached hydrogens (tertiary/aromatic N) is 2. The highest BCUT2D eigenvalue weighted by Gasteiger charge is 2.30. The van der Waals surface area contributed by atoms with Gasteiger partial charge >= 0.3 is 0 Å². The number of hydrogen-bond donors (Lipinski definition) is 10. The molecular weight excluding hydrogens is 332 g/mol. The highest BCUT2D eigenvalue weighted by Crippen LogP contribution is 2.05. The first-order chi connectivity index (χ1) is 11.2. The monoisotopic (exact) mass is 356 g/mol. The fourth-order valence-electron chi connectivity index (χ4n) is 1.47. The third kappa shape index (κ3) is 7.23. The maximum atomic E-state index is 9.46. The quantitative estimate of drug-likeness (QED) is 0.124. The molecule has 0 aromatic rings. The van der Waals surface area contributed by atoms with Gasteiger partial charge in [0.2, 0.25) is 0 Å². The second kappa shape index (κ2) is 11.5. The van der Waals surface area contributed by atoms with Crippen LogP contribution >= 0.6 is 0 Å². The molecule has 0 amide bonds. The van der Waals surface area contributed by atoms with E-state index in [9.17, 15) is 30.6 Å². The predicted molar refractivity (Wildman–Crippen MR) is 79.2 cm³/mol. The Kier molecular flexibility index (Phi) is 11.0. The van der Waals surface area contributed by atoms with Crippen LogP contribution in [-0.4, -0.2) is 126 Å². The van der Waals surface area contributed by atoms with E-state index in [1.165, 1.54) is 0 Å². The van der Waals surface area contributed by atoms with Crippen molar-refractivity contribution in [3.8, 4) is 0 Å². The van der Waals surface area contributed by atoms with Crippen LogP contribution in [0.4, 0.5) is 0 Å². The Bertz CT molecular complexity index is 360. The van der Waals surface area contributed by atoms with E-state index in [-0.39, 0.29) is 0 Å². The predicted octanol–water partition coefficient (Wildman–Crippen LogP) is -6.09. The molecule has 0 radical (unpaired) electrons. The van der Waals surface area contributed by atoms with Gasteiger partial charge in [-0.15, -0.1) is 0 Å². The lowest BCUT2D eigenvalue weighted by molar-refractivity contribution is -0.100. The third-order valence-electron chi connectivity index (χ3n) is 3.07. The van der Waals surface area contributed by atoms with Crippen molar-refractivity contribution < 1.29 is 51.1 Å². The molecule has 12 nitrogen and oxygen atoms in total. The Morgan fingerprint density at radius 3 is 1.08 bits per heavy atom. The average molecular weight is 356 g/mol. The summed E-state index contributed by atoms with van der Waals surface area (Å²) in [5.41, 5.74) is 0. The van der Waals surface area contributed by atoms with Crippen molar-refractivity contribution in [3.63, 3.8) is 0 Å².